The minimum absolute atomic E-state index is 0.0791. The van der Waals surface area contributed by atoms with Gasteiger partial charge in [0.2, 0.25) is 0 Å². The van der Waals surface area contributed by atoms with Crippen molar-refractivity contribution in [3.8, 4) is 0 Å². The van der Waals surface area contributed by atoms with Crippen LogP contribution in [0.2, 0.25) is 0 Å². The highest BCUT2D eigenvalue weighted by atomic mass is 16.7. The Labute approximate surface area is 121 Å². The molecular weight excluding hydrogens is 250 g/mol. The second-order valence-corrected chi connectivity index (χ2v) is 6.48. The second kappa shape index (κ2) is 5.84. The summed E-state index contributed by atoms with van der Waals surface area (Å²) in [4.78, 5) is 0. The highest BCUT2D eigenvalue weighted by Gasteiger charge is 2.33. The Balaban J connectivity index is 1.60. The minimum Gasteiger partial charge on any atom is -0.347 e. The molecule has 1 N–H and O–H groups in total. The van der Waals surface area contributed by atoms with Crippen LogP contribution >= 0.6 is 0 Å². The third kappa shape index (κ3) is 3.40. The first-order valence-electron chi connectivity index (χ1n) is 7.74. The number of piperidine rings is 1. The van der Waals surface area contributed by atoms with Gasteiger partial charge in [-0.05, 0) is 63.2 Å². The van der Waals surface area contributed by atoms with Gasteiger partial charge in [-0.25, -0.2) is 0 Å². The van der Waals surface area contributed by atoms with Crippen molar-refractivity contribution < 1.29 is 9.47 Å². The molecule has 2 atom stereocenters. The van der Waals surface area contributed by atoms with Crippen LogP contribution in [0.5, 0.6) is 0 Å². The summed E-state index contributed by atoms with van der Waals surface area (Å²) >= 11 is 0. The lowest BCUT2D eigenvalue weighted by molar-refractivity contribution is -0.139. The number of hydrogen-bond acceptors (Lipinski definition) is 3. The van der Waals surface area contributed by atoms with Crippen LogP contribution in [-0.4, -0.2) is 25.5 Å². The second-order valence-electron chi connectivity index (χ2n) is 6.48. The van der Waals surface area contributed by atoms with Crippen molar-refractivity contribution in [3.63, 3.8) is 0 Å². The quantitative estimate of drug-likeness (QED) is 0.919. The highest BCUT2D eigenvalue weighted by Crippen LogP contribution is 2.32. The minimum atomic E-state index is -0.447. The van der Waals surface area contributed by atoms with Gasteiger partial charge < -0.3 is 14.8 Å². The van der Waals surface area contributed by atoms with Gasteiger partial charge in [0, 0.05) is 0 Å². The SMILES string of the molecule is CC1(C)OCC(c2ccc(CC3CCCNC3)cc2)O1. The zero-order valence-corrected chi connectivity index (χ0v) is 12.5. The Morgan fingerprint density at radius 1 is 1.25 bits per heavy atom. The molecule has 1 aromatic rings. The third-order valence-electron chi connectivity index (χ3n) is 4.28. The summed E-state index contributed by atoms with van der Waals surface area (Å²) in [5.74, 6) is 0.344. The van der Waals surface area contributed by atoms with Crippen LogP contribution in [0, 0.1) is 5.92 Å². The lowest BCUT2D eigenvalue weighted by Gasteiger charge is -2.23. The van der Waals surface area contributed by atoms with Gasteiger partial charge in [-0.1, -0.05) is 24.3 Å². The van der Waals surface area contributed by atoms with Gasteiger partial charge in [0.15, 0.2) is 5.79 Å². The standard InChI is InChI=1S/C17H25NO2/c1-17(2)19-12-16(20-17)15-7-5-13(6-8-15)10-14-4-3-9-18-11-14/h5-8,14,16,18H,3-4,9-12H2,1-2H3. The molecular formula is C17H25NO2. The molecule has 2 unspecified atom stereocenters. The Morgan fingerprint density at radius 2 is 2.05 bits per heavy atom. The Kier molecular flexibility index (Phi) is 4.11. The predicted octanol–water partition coefficient (Wildman–Crippen LogP) is 3.05. The molecule has 2 heterocycles. The van der Waals surface area contributed by atoms with E-state index in [4.69, 9.17) is 9.47 Å². The molecule has 1 aromatic carbocycles. The largest absolute Gasteiger partial charge is 0.347 e. The summed E-state index contributed by atoms with van der Waals surface area (Å²) in [6.45, 7) is 6.94. The summed E-state index contributed by atoms with van der Waals surface area (Å²) in [5, 5.41) is 3.48. The number of nitrogens with one attached hydrogen (secondary N) is 1. The average molecular weight is 275 g/mol. The van der Waals surface area contributed by atoms with E-state index in [1.807, 2.05) is 13.8 Å². The molecule has 0 radical (unpaired) electrons. The maximum Gasteiger partial charge on any atom is 0.163 e. The average Bonchev–Trinajstić information content (AvgIpc) is 2.81. The van der Waals surface area contributed by atoms with Crippen molar-refractivity contribution >= 4 is 0 Å². The lowest BCUT2D eigenvalue weighted by atomic mass is 9.92. The molecule has 0 bridgehead atoms. The molecule has 2 saturated heterocycles. The molecule has 0 saturated carbocycles. The first-order valence-corrected chi connectivity index (χ1v) is 7.74. The fraction of sp³-hybridized carbons (Fsp3) is 0.647. The van der Waals surface area contributed by atoms with Crippen LogP contribution in [0.4, 0.5) is 0 Å². The van der Waals surface area contributed by atoms with Gasteiger partial charge in [0.05, 0.1) is 6.61 Å². The van der Waals surface area contributed by atoms with Gasteiger partial charge in [-0.2, -0.15) is 0 Å². The third-order valence-corrected chi connectivity index (χ3v) is 4.28. The van der Waals surface area contributed by atoms with Crippen molar-refractivity contribution in [1.82, 2.24) is 5.32 Å². The monoisotopic (exact) mass is 275 g/mol. The van der Waals surface area contributed by atoms with Gasteiger partial charge in [-0.3, -0.25) is 0 Å². The van der Waals surface area contributed by atoms with Crippen LogP contribution in [0.25, 0.3) is 0 Å². The first kappa shape index (κ1) is 14.1. The van der Waals surface area contributed by atoms with Crippen LogP contribution in [0.1, 0.15) is 43.9 Å². The molecule has 2 fully saturated rings. The molecule has 3 nitrogen and oxygen atoms in total. The molecule has 0 aromatic heterocycles. The molecule has 20 heavy (non-hydrogen) atoms. The zero-order chi connectivity index (χ0) is 14.0. The summed E-state index contributed by atoms with van der Waals surface area (Å²) in [5.41, 5.74) is 2.65. The highest BCUT2D eigenvalue weighted by molar-refractivity contribution is 5.25. The molecule has 0 spiro atoms. The Morgan fingerprint density at radius 3 is 2.65 bits per heavy atom. The number of rotatable bonds is 3. The van der Waals surface area contributed by atoms with E-state index in [-0.39, 0.29) is 6.10 Å². The molecule has 3 heteroatoms. The maximum absolute atomic E-state index is 5.89. The van der Waals surface area contributed by atoms with E-state index in [0.717, 1.165) is 12.5 Å². The van der Waals surface area contributed by atoms with Gasteiger partial charge >= 0.3 is 0 Å². The lowest BCUT2D eigenvalue weighted by Crippen LogP contribution is -2.30. The summed E-state index contributed by atoms with van der Waals surface area (Å²) < 4.78 is 11.5. The molecule has 2 aliphatic heterocycles. The van der Waals surface area contributed by atoms with Gasteiger partial charge in [-0.15, -0.1) is 0 Å². The van der Waals surface area contributed by atoms with Crippen molar-refractivity contribution in [3.05, 3.63) is 35.4 Å². The normalized spacial score (nSPS) is 29.5. The van der Waals surface area contributed by atoms with E-state index in [1.54, 1.807) is 0 Å². The maximum atomic E-state index is 5.89. The van der Waals surface area contributed by atoms with Gasteiger partial charge in [0.25, 0.3) is 0 Å². The zero-order valence-electron chi connectivity index (χ0n) is 12.5. The van der Waals surface area contributed by atoms with E-state index >= 15 is 0 Å². The van der Waals surface area contributed by atoms with Crippen molar-refractivity contribution in [1.29, 1.82) is 0 Å². The van der Waals surface area contributed by atoms with Crippen molar-refractivity contribution in [2.45, 2.75) is 45.0 Å². The molecule has 3 rings (SSSR count). The van der Waals surface area contributed by atoms with Crippen LogP contribution in [0.15, 0.2) is 24.3 Å². The van der Waals surface area contributed by atoms with Crippen molar-refractivity contribution in [2.24, 2.45) is 5.92 Å². The van der Waals surface area contributed by atoms with E-state index in [1.165, 1.54) is 36.9 Å². The Hall–Kier alpha value is -0.900. The van der Waals surface area contributed by atoms with E-state index in [0.29, 0.717) is 6.61 Å². The fourth-order valence-electron chi connectivity index (χ4n) is 3.15. The summed E-state index contributed by atoms with van der Waals surface area (Å²) in [6.07, 6.45) is 3.92. The number of benzene rings is 1. The molecule has 110 valence electrons. The van der Waals surface area contributed by atoms with Crippen molar-refractivity contribution in [2.75, 3.05) is 19.7 Å². The van der Waals surface area contributed by atoms with E-state index in [9.17, 15) is 0 Å². The van der Waals surface area contributed by atoms with Crippen LogP contribution < -0.4 is 5.32 Å². The molecule has 2 aliphatic rings. The summed E-state index contributed by atoms with van der Waals surface area (Å²) in [7, 11) is 0. The predicted molar refractivity (Wildman–Crippen MR) is 79.6 cm³/mol. The van der Waals surface area contributed by atoms with Gasteiger partial charge in [0.1, 0.15) is 6.10 Å². The number of ether oxygens (including phenoxy) is 2. The smallest absolute Gasteiger partial charge is 0.163 e. The fourth-order valence-corrected chi connectivity index (χ4v) is 3.15. The Bertz CT molecular complexity index is 435. The number of hydrogen-bond donors (Lipinski definition) is 1. The van der Waals surface area contributed by atoms with Crippen LogP contribution in [0.3, 0.4) is 0 Å². The topological polar surface area (TPSA) is 30.5 Å². The van der Waals surface area contributed by atoms with Crippen LogP contribution in [-0.2, 0) is 15.9 Å². The van der Waals surface area contributed by atoms with E-state index in [2.05, 4.69) is 29.6 Å². The summed E-state index contributed by atoms with van der Waals surface area (Å²) in [6, 6.07) is 8.89. The van der Waals surface area contributed by atoms with E-state index < -0.39 is 5.79 Å². The first-order chi connectivity index (χ1) is 9.62. The molecule has 0 aliphatic carbocycles. The molecule has 0 amide bonds.